The van der Waals surface area contributed by atoms with Crippen molar-refractivity contribution in [3.8, 4) is 5.75 Å². The average Bonchev–Trinajstić information content (AvgIpc) is 2.91. The fourth-order valence-corrected chi connectivity index (χ4v) is 2.24. The van der Waals surface area contributed by atoms with Gasteiger partial charge in [0.15, 0.2) is 5.43 Å². The number of fused-ring (bicyclic) bond motifs is 1. The molecule has 1 aliphatic heterocycles. The van der Waals surface area contributed by atoms with Gasteiger partial charge in [-0.3, -0.25) is 4.79 Å². The van der Waals surface area contributed by atoms with Gasteiger partial charge < -0.3 is 13.9 Å². The van der Waals surface area contributed by atoms with Crippen LogP contribution in [-0.2, 0) is 4.74 Å². The van der Waals surface area contributed by atoms with Crippen LogP contribution >= 0.6 is 0 Å². The maximum atomic E-state index is 12.0. The lowest BCUT2D eigenvalue weighted by atomic mass is 10.1. The molecule has 1 saturated heterocycles. The van der Waals surface area contributed by atoms with Crippen molar-refractivity contribution >= 4 is 11.0 Å². The minimum absolute atomic E-state index is 0.0376. The van der Waals surface area contributed by atoms with Crippen LogP contribution in [0.3, 0.4) is 0 Å². The Bertz CT molecular complexity index is 623. The zero-order valence-corrected chi connectivity index (χ0v) is 10.1. The van der Waals surface area contributed by atoms with Crippen LogP contribution in [-0.4, -0.2) is 13.7 Å². The predicted octanol–water partition coefficient (Wildman–Crippen LogP) is 2.65. The summed E-state index contributed by atoms with van der Waals surface area (Å²) in [5, 5.41) is 0.567. The molecule has 1 aromatic carbocycles. The lowest BCUT2D eigenvalue weighted by molar-refractivity contribution is 0.0939. The normalized spacial score (nSPS) is 19.3. The molecule has 94 valence electrons. The topological polar surface area (TPSA) is 48.7 Å². The van der Waals surface area contributed by atoms with E-state index in [4.69, 9.17) is 13.9 Å². The Morgan fingerprint density at radius 3 is 2.94 bits per heavy atom. The van der Waals surface area contributed by atoms with Crippen LogP contribution in [0.4, 0.5) is 0 Å². The Labute approximate surface area is 104 Å². The van der Waals surface area contributed by atoms with Gasteiger partial charge in [-0.25, -0.2) is 0 Å². The second-order valence-electron chi connectivity index (χ2n) is 4.38. The summed E-state index contributed by atoms with van der Waals surface area (Å²) in [6, 6.07) is 6.74. The van der Waals surface area contributed by atoms with Gasteiger partial charge in [0.05, 0.1) is 12.5 Å². The highest BCUT2D eigenvalue weighted by Gasteiger charge is 2.21. The molecule has 0 aliphatic carbocycles. The van der Waals surface area contributed by atoms with Crippen LogP contribution in [0.25, 0.3) is 11.0 Å². The lowest BCUT2D eigenvalue weighted by Gasteiger charge is -2.09. The quantitative estimate of drug-likeness (QED) is 0.817. The highest BCUT2D eigenvalue weighted by molar-refractivity contribution is 5.78. The molecule has 2 heterocycles. The molecule has 0 spiro atoms. The van der Waals surface area contributed by atoms with Gasteiger partial charge in [0, 0.05) is 18.7 Å². The molecule has 2 aromatic rings. The zero-order valence-electron chi connectivity index (χ0n) is 10.1. The van der Waals surface area contributed by atoms with Crippen LogP contribution in [0.2, 0.25) is 0 Å². The molecule has 0 saturated carbocycles. The van der Waals surface area contributed by atoms with Crippen molar-refractivity contribution in [1.29, 1.82) is 0 Å². The number of rotatable bonds is 2. The van der Waals surface area contributed by atoms with E-state index in [1.165, 1.54) is 6.07 Å². The molecule has 4 nitrogen and oxygen atoms in total. The van der Waals surface area contributed by atoms with E-state index in [-0.39, 0.29) is 11.5 Å². The van der Waals surface area contributed by atoms with Crippen molar-refractivity contribution in [3.63, 3.8) is 0 Å². The monoisotopic (exact) mass is 246 g/mol. The molecule has 0 N–H and O–H groups in total. The SMILES string of the molecule is COc1ccc2c(=O)cc(C3CCCO3)oc2c1. The molecule has 1 aliphatic rings. The van der Waals surface area contributed by atoms with E-state index >= 15 is 0 Å². The zero-order chi connectivity index (χ0) is 12.5. The first-order valence-electron chi connectivity index (χ1n) is 6.01. The van der Waals surface area contributed by atoms with Gasteiger partial charge in [0.1, 0.15) is 23.2 Å². The van der Waals surface area contributed by atoms with Gasteiger partial charge in [0.25, 0.3) is 0 Å². The first kappa shape index (κ1) is 11.3. The van der Waals surface area contributed by atoms with E-state index in [2.05, 4.69) is 0 Å². The van der Waals surface area contributed by atoms with E-state index in [0.29, 0.717) is 22.5 Å². The third-order valence-corrected chi connectivity index (χ3v) is 3.20. The molecule has 1 unspecified atom stereocenters. The van der Waals surface area contributed by atoms with Crippen LogP contribution in [0, 0.1) is 0 Å². The number of benzene rings is 1. The summed E-state index contributed by atoms with van der Waals surface area (Å²) in [6.07, 6.45) is 1.82. The third kappa shape index (κ3) is 1.88. The van der Waals surface area contributed by atoms with Crippen LogP contribution in [0.5, 0.6) is 5.75 Å². The molecule has 1 atom stereocenters. The average molecular weight is 246 g/mol. The first-order valence-corrected chi connectivity index (χ1v) is 6.01. The molecule has 18 heavy (non-hydrogen) atoms. The summed E-state index contributed by atoms with van der Waals surface area (Å²) in [6.45, 7) is 0.727. The first-order chi connectivity index (χ1) is 8.78. The summed E-state index contributed by atoms with van der Waals surface area (Å²) >= 11 is 0. The predicted molar refractivity (Wildman–Crippen MR) is 67.0 cm³/mol. The van der Waals surface area contributed by atoms with E-state index in [0.717, 1.165) is 19.4 Å². The maximum Gasteiger partial charge on any atom is 0.193 e. The second kappa shape index (κ2) is 4.46. The van der Waals surface area contributed by atoms with Crippen molar-refractivity contribution < 1.29 is 13.9 Å². The third-order valence-electron chi connectivity index (χ3n) is 3.20. The fourth-order valence-electron chi connectivity index (χ4n) is 2.24. The van der Waals surface area contributed by atoms with E-state index in [9.17, 15) is 4.79 Å². The van der Waals surface area contributed by atoms with Gasteiger partial charge in [-0.1, -0.05) is 0 Å². The molecule has 3 rings (SSSR count). The minimum atomic E-state index is -0.0895. The van der Waals surface area contributed by atoms with Crippen molar-refractivity contribution in [2.75, 3.05) is 13.7 Å². The molecule has 1 aromatic heterocycles. The Hall–Kier alpha value is -1.81. The molecular formula is C14H14O4. The summed E-state index contributed by atoms with van der Waals surface area (Å²) < 4.78 is 16.4. The summed E-state index contributed by atoms with van der Waals surface area (Å²) in [5.74, 6) is 1.29. The standard InChI is InChI=1S/C14H14O4/c1-16-9-4-5-10-11(15)8-14(18-13(10)7-9)12-3-2-6-17-12/h4-5,7-8,12H,2-3,6H2,1H3. The van der Waals surface area contributed by atoms with Gasteiger partial charge in [-0.2, -0.15) is 0 Å². The molecule has 1 fully saturated rings. The molecule has 0 amide bonds. The van der Waals surface area contributed by atoms with Crippen molar-refractivity contribution in [3.05, 3.63) is 40.2 Å². The lowest BCUT2D eigenvalue weighted by Crippen LogP contribution is -2.05. The Morgan fingerprint density at radius 2 is 2.22 bits per heavy atom. The second-order valence-corrected chi connectivity index (χ2v) is 4.38. The van der Waals surface area contributed by atoms with Crippen LogP contribution in [0.15, 0.2) is 33.5 Å². The summed E-state index contributed by atoms with van der Waals surface area (Å²) in [7, 11) is 1.59. The molecule has 0 radical (unpaired) electrons. The Morgan fingerprint density at radius 1 is 1.33 bits per heavy atom. The van der Waals surface area contributed by atoms with Crippen molar-refractivity contribution in [1.82, 2.24) is 0 Å². The molecule has 0 bridgehead atoms. The van der Waals surface area contributed by atoms with Gasteiger partial charge >= 0.3 is 0 Å². The minimum Gasteiger partial charge on any atom is -0.497 e. The summed E-state index contributed by atoms with van der Waals surface area (Å²) in [4.78, 5) is 12.0. The number of hydrogen-bond acceptors (Lipinski definition) is 4. The fraction of sp³-hybridized carbons (Fsp3) is 0.357. The van der Waals surface area contributed by atoms with Crippen molar-refractivity contribution in [2.24, 2.45) is 0 Å². The Kier molecular flexibility index (Phi) is 2.80. The largest absolute Gasteiger partial charge is 0.497 e. The maximum absolute atomic E-state index is 12.0. The molecule has 4 heteroatoms. The molecular weight excluding hydrogens is 232 g/mol. The van der Waals surface area contributed by atoms with Gasteiger partial charge in [-0.05, 0) is 25.0 Å². The Balaban J connectivity index is 2.14. The number of hydrogen-bond donors (Lipinski definition) is 0. The van der Waals surface area contributed by atoms with E-state index in [1.807, 2.05) is 0 Å². The van der Waals surface area contributed by atoms with E-state index < -0.39 is 0 Å². The summed E-state index contributed by atoms with van der Waals surface area (Å²) in [5.41, 5.74) is 0.511. The van der Waals surface area contributed by atoms with E-state index in [1.54, 1.807) is 25.3 Å². The van der Waals surface area contributed by atoms with Crippen LogP contribution < -0.4 is 10.2 Å². The number of ether oxygens (including phenoxy) is 2. The smallest absolute Gasteiger partial charge is 0.193 e. The van der Waals surface area contributed by atoms with Gasteiger partial charge in [-0.15, -0.1) is 0 Å². The van der Waals surface area contributed by atoms with Crippen molar-refractivity contribution in [2.45, 2.75) is 18.9 Å². The van der Waals surface area contributed by atoms with Crippen LogP contribution in [0.1, 0.15) is 24.7 Å². The van der Waals surface area contributed by atoms with Gasteiger partial charge in [0.2, 0.25) is 0 Å². The number of methoxy groups -OCH3 is 1. The highest BCUT2D eigenvalue weighted by atomic mass is 16.5. The highest BCUT2D eigenvalue weighted by Crippen LogP contribution is 2.30.